The molecular formula is C11H11N2OY-. The van der Waals surface area contributed by atoms with E-state index >= 15 is 0 Å². The summed E-state index contributed by atoms with van der Waals surface area (Å²) in [5.41, 5.74) is 2.69. The number of amides is 1. The molecular weight excluding hydrogens is 265 g/mol. The Morgan fingerprint density at radius 3 is 2.93 bits per heavy atom. The van der Waals surface area contributed by atoms with E-state index in [1.54, 1.807) is 6.07 Å². The molecule has 0 aromatic carbocycles. The molecule has 0 spiro atoms. The van der Waals surface area contributed by atoms with Gasteiger partial charge in [0.2, 0.25) is 5.91 Å². The smallest absolute Gasteiger partial charge is 0.224 e. The normalized spacial score (nSPS) is 9.73. The molecule has 2 aromatic rings. The van der Waals surface area contributed by atoms with Gasteiger partial charge in [0.25, 0.3) is 0 Å². The van der Waals surface area contributed by atoms with Crippen LogP contribution < -0.4 is 5.32 Å². The molecule has 75 valence electrons. The number of nitrogens with zero attached hydrogens (tertiary/aromatic N) is 1. The first-order valence-corrected chi connectivity index (χ1v) is 4.37. The Morgan fingerprint density at radius 1 is 1.53 bits per heavy atom. The molecule has 0 aliphatic rings. The summed E-state index contributed by atoms with van der Waals surface area (Å²) in [6.07, 6.45) is 3.90. The van der Waals surface area contributed by atoms with E-state index in [9.17, 15) is 4.79 Å². The zero-order valence-electron chi connectivity index (χ0n) is 8.53. The zero-order chi connectivity index (χ0) is 10.1. The van der Waals surface area contributed by atoms with Crippen LogP contribution in [0.2, 0.25) is 0 Å². The summed E-state index contributed by atoms with van der Waals surface area (Å²) in [5.74, 6) is -0.159. The molecule has 0 fully saturated rings. The van der Waals surface area contributed by atoms with Gasteiger partial charge in [0, 0.05) is 45.1 Å². The number of hydrogen-bond donors (Lipinski definition) is 1. The number of aryl methyl sites for hydroxylation is 1. The van der Waals surface area contributed by atoms with Crippen LogP contribution in [0.1, 0.15) is 15.9 Å². The minimum atomic E-state index is -0.159. The van der Waals surface area contributed by atoms with E-state index in [1.807, 2.05) is 35.9 Å². The molecule has 4 heteroatoms. The van der Waals surface area contributed by atoms with Crippen LogP contribution in [0.3, 0.4) is 0 Å². The summed E-state index contributed by atoms with van der Waals surface area (Å²) < 4.78 is 1.93. The van der Waals surface area contributed by atoms with Gasteiger partial charge in [0.1, 0.15) is 0 Å². The van der Waals surface area contributed by atoms with Gasteiger partial charge in [0.05, 0.1) is 11.1 Å². The first-order chi connectivity index (χ1) is 6.72. The molecule has 1 amide bonds. The van der Waals surface area contributed by atoms with Crippen LogP contribution in [0.25, 0.3) is 5.52 Å². The summed E-state index contributed by atoms with van der Waals surface area (Å²) in [7, 11) is 3.37. The largest absolute Gasteiger partial charge is 0.504 e. The van der Waals surface area contributed by atoms with E-state index in [0.717, 1.165) is 11.1 Å². The van der Waals surface area contributed by atoms with Gasteiger partial charge in [-0.15, -0.1) is 0 Å². The summed E-state index contributed by atoms with van der Waals surface area (Å²) in [6.45, 7) is 2.00. The van der Waals surface area contributed by atoms with E-state index in [4.69, 9.17) is 0 Å². The minimum absolute atomic E-state index is 0. The first kappa shape index (κ1) is 12.4. The first-order valence-electron chi connectivity index (χ1n) is 4.37. The Kier molecular flexibility index (Phi) is 4.06. The second-order valence-corrected chi connectivity index (χ2v) is 3.24. The van der Waals surface area contributed by atoms with Gasteiger partial charge in [-0.3, -0.25) is 11.8 Å². The van der Waals surface area contributed by atoms with Gasteiger partial charge < -0.3 is 9.72 Å². The van der Waals surface area contributed by atoms with Crippen molar-refractivity contribution in [2.45, 2.75) is 6.92 Å². The van der Waals surface area contributed by atoms with Gasteiger partial charge in [0.15, 0.2) is 0 Å². The van der Waals surface area contributed by atoms with Crippen molar-refractivity contribution in [3.8, 4) is 0 Å². The van der Waals surface area contributed by atoms with Gasteiger partial charge in [-0.25, -0.2) is 0 Å². The molecule has 1 N–H and O–H groups in total. The molecule has 0 atom stereocenters. The van der Waals surface area contributed by atoms with Gasteiger partial charge in [-0.1, -0.05) is 0 Å². The van der Waals surface area contributed by atoms with Gasteiger partial charge >= 0.3 is 0 Å². The Bertz CT molecular complexity index is 490. The Balaban J connectivity index is 0.00000112. The second kappa shape index (κ2) is 4.91. The summed E-state index contributed by atoms with van der Waals surface area (Å²) in [4.78, 5) is 11.4. The number of rotatable bonds is 1. The fraction of sp³-hybridized carbons (Fsp3) is 0.0909. The van der Waals surface area contributed by atoms with Crippen molar-refractivity contribution in [1.82, 2.24) is 9.72 Å². The van der Waals surface area contributed by atoms with Gasteiger partial charge in [-0.05, 0) is 30.7 Å². The molecule has 2 heterocycles. The molecule has 2 aromatic heterocycles. The molecule has 0 aliphatic heterocycles. The Labute approximate surface area is 114 Å². The second-order valence-electron chi connectivity index (χ2n) is 3.24. The molecule has 0 unspecified atom stereocenters. The topological polar surface area (TPSA) is 33.5 Å². The predicted octanol–water partition coefficient (Wildman–Crippen LogP) is 1.77. The fourth-order valence-electron chi connectivity index (χ4n) is 1.56. The van der Waals surface area contributed by atoms with E-state index < -0.39 is 0 Å². The van der Waals surface area contributed by atoms with Crippen LogP contribution >= 0.6 is 0 Å². The third-order valence-electron chi connectivity index (χ3n) is 2.18. The number of aromatic nitrogens is 1. The van der Waals surface area contributed by atoms with Crippen LogP contribution in [0.5, 0.6) is 0 Å². The standard InChI is InChI=1S/C11H11N2O.Y/c1-8-6-10-9(11(14)12-2)4-3-5-13(10)7-8;/h3-7H,2H2,1H3,(H,12,14);/q-1;. The number of nitrogens with one attached hydrogen (secondary N) is 1. The summed E-state index contributed by atoms with van der Waals surface area (Å²) in [5, 5.41) is 2.38. The molecule has 1 radical (unpaired) electrons. The molecule has 0 aliphatic carbocycles. The molecule has 0 bridgehead atoms. The summed E-state index contributed by atoms with van der Waals surface area (Å²) >= 11 is 0. The SMILES string of the molecule is [CH2-]NC(=O)c1cccn2cc(C)cc12.[Y]. The Hall–Kier alpha value is -0.666. The van der Waals surface area contributed by atoms with Crippen LogP contribution in [-0.2, 0) is 32.7 Å². The third-order valence-corrected chi connectivity index (χ3v) is 2.18. The van der Waals surface area contributed by atoms with Crippen LogP contribution in [0.4, 0.5) is 0 Å². The van der Waals surface area contributed by atoms with Crippen LogP contribution in [0, 0.1) is 14.0 Å². The molecule has 0 saturated carbocycles. The van der Waals surface area contributed by atoms with Crippen molar-refractivity contribution in [2.24, 2.45) is 0 Å². The van der Waals surface area contributed by atoms with Crippen molar-refractivity contribution in [2.75, 3.05) is 0 Å². The molecule has 15 heavy (non-hydrogen) atoms. The maximum Gasteiger partial charge on any atom is 0.224 e. The number of carbonyl (C=O) groups is 1. The number of hydrogen-bond acceptors (Lipinski definition) is 1. The minimum Gasteiger partial charge on any atom is -0.504 e. The van der Waals surface area contributed by atoms with E-state index in [0.29, 0.717) is 5.56 Å². The maximum atomic E-state index is 11.4. The summed E-state index contributed by atoms with van der Waals surface area (Å²) in [6, 6.07) is 5.61. The monoisotopic (exact) mass is 276 g/mol. The Morgan fingerprint density at radius 2 is 2.27 bits per heavy atom. The van der Waals surface area contributed by atoms with Crippen LogP contribution in [0.15, 0.2) is 30.6 Å². The van der Waals surface area contributed by atoms with Crippen molar-refractivity contribution in [1.29, 1.82) is 0 Å². The number of fused-ring (bicyclic) bond motifs is 1. The van der Waals surface area contributed by atoms with Crippen molar-refractivity contribution in [3.05, 3.63) is 48.8 Å². The van der Waals surface area contributed by atoms with Crippen molar-refractivity contribution >= 4 is 11.4 Å². The van der Waals surface area contributed by atoms with Crippen LogP contribution in [-0.4, -0.2) is 10.3 Å². The average Bonchev–Trinajstić information content (AvgIpc) is 2.56. The van der Waals surface area contributed by atoms with E-state index in [-0.39, 0.29) is 38.6 Å². The molecule has 0 saturated heterocycles. The third kappa shape index (κ3) is 2.29. The average molecular weight is 276 g/mol. The number of carbonyl (C=O) groups excluding carboxylic acids is 1. The molecule has 2 rings (SSSR count). The van der Waals surface area contributed by atoms with Crippen molar-refractivity contribution in [3.63, 3.8) is 0 Å². The fourth-order valence-corrected chi connectivity index (χ4v) is 1.56. The van der Waals surface area contributed by atoms with Gasteiger partial charge in [-0.2, -0.15) is 0 Å². The zero-order valence-corrected chi connectivity index (χ0v) is 11.4. The maximum absolute atomic E-state index is 11.4. The quantitative estimate of drug-likeness (QED) is 0.791. The van der Waals surface area contributed by atoms with E-state index in [2.05, 4.69) is 12.4 Å². The van der Waals surface area contributed by atoms with Crippen molar-refractivity contribution < 1.29 is 37.5 Å². The number of pyridine rings is 1. The van der Waals surface area contributed by atoms with E-state index in [1.165, 1.54) is 0 Å². The molecule has 3 nitrogen and oxygen atoms in total. The predicted molar refractivity (Wildman–Crippen MR) is 55.0 cm³/mol.